The highest BCUT2D eigenvalue weighted by molar-refractivity contribution is 8.13. The van der Waals surface area contributed by atoms with Gasteiger partial charge in [-0.15, -0.1) is 0 Å². The van der Waals surface area contributed by atoms with Crippen molar-refractivity contribution in [3.8, 4) is 0 Å². The molecule has 0 saturated carbocycles. The molecular weight excluding hydrogens is 257 g/mol. The Morgan fingerprint density at radius 1 is 1.40 bits per heavy atom. The van der Waals surface area contributed by atoms with Crippen molar-refractivity contribution in [2.24, 2.45) is 5.92 Å². The van der Waals surface area contributed by atoms with Crippen molar-refractivity contribution < 1.29 is 26.3 Å². The molecule has 0 spiro atoms. The molecule has 0 heterocycles. The summed E-state index contributed by atoms with van der Waals surface area (Å²) in [5.74, 6) is -0.877. The average Bonchev–Trinajstić information content (AvgIpc) is 1.97. The number of halogens is 4. The van der Waals surface area contributed by atoms with Gasteiger partial charge in [0.2, 0.25) is 9.05 Å². The van der Waals surface area contributed by atoms with Crippen LogP contribution in [0.5, 0.6) is 0 Å². The minimum absolute atomic E-state index is 0.262. The molecule has 0 N–H and O–H groups in total. The van der Waals surface area contributed by atoms with Crippen LogP contribution in [-0.2, 0) is 13.8 Å². The van der Waals surface area contributed by atoms with Gasteiger partial charge in [0.25, 0.3) is 0 Å². The Morgan fingerprint density at radius 2 is 1.93 bits per heavy atom. The maximum Gasteiger partial charge on any atom is 0.411 e. The van der Waals surface area contributed by atoms with E-state index in [1.165, 1.54) is 0 Å². The molecule has 0 aliphatic heterocycles. The summed E-state index contributed by atoms with van der Waals surface area (Å²) in [6, 6.07) is 0. The molecule has 0 radical (unpaired) electrons. The summed E-state index contributed by atoms with van der Waals surface area (Å²) in [7, 11) is 1.28. The van der Waals surface area contributed by atoms with Gasteiger partial charge < -0.3 is 4.74 Å². The van der Waals surface area contributed by atoms with Crippen molar-refractivity contribution in [1.82, 2.24) is 0 Å². The Bertz CT molecular complexity index is 276. The molecule has 0 aliphatic rings. The van der Waals surface area contributed by atoms with Gasteiger partial charge in [-0.2, -0.15) is 13.2 Å². The second-order valence-electron chi connectivity index (χ2n) is 3.11. The number of alkyl halides is 3. The third-order valence-corrected chi connectivity index (χ3v) is 2.88. The predicted octanol–water partition coefficient (Wildman–Crippen LogP) is 2.16. The Kier molecular flexibility index (Phi) is 5.90. The molecule has 15 heavy (non-hydrogen) atoms. The second-order valence-corrected chi connectivity index (χ2v) is 5.93. The van der Waals surface area contributed by atoms with Crippen LogP contribution in [-0.4, -0.2) is 33.6 Å². The van der Waals surface area contributed by atoms with E-state index in [1.54, 1.807) is 6.92 Å². The molecular formula is C7H12ClF3O3S. The first-order chi connectivity index (χ1) is 6.64. The molecule has 1 unspecified atom stereocenters. The summed E-state index contributed by atoms with van der Waals surface area (Å²) < 4.78 is 60.7. The molecule has 92 valence electrons. The minimum atomic E-state index is -4.39. The van der Waals surface area contributed by atoms with Gasteiger partial charge in [-0.25, -0.2) is 8.42 Å². The zero-order valence-corrected chi connectivity index (χ0v) is 9.62. The fourth-order valence-electron chi connectivity index (χ4n) is 0.907. The molecule has 3 nitrogen and oxygen atoms in total. The molecule has 8 heteroatoms. The third-order valence-electron chi connectivity index (χ3n) is 1.63. The summed E-state index contributed by atoms with van der Waals surface area (Å²) in [5.41, 5.74) is 0. The van der Waals surface area contributed by atoms with E-state index >= 15 is 0 Å². The molecule has 0 aromatic heterocycles. The van der Waals surface area contributed by atoms with E-state index in [2.05, 4.69) is 4.74 Å². The van der Waals surface area contributed by atoms with Gasteiger partial charge in [-0.3, -0.25) is 0 Å². The highest BCUT2D eigenvalue weighted by atomic mass is 35.7. The van der Waals surface area contributed by atoms with E-state index in [0.717, 1.165) is 0 Å². The summed E-state index contributed by atoms with van der Waals surface area (Å²) in [6.45, 7) is 0.0253. The molecule has 0 amide bonds. The molecule has 0 rings (SSSR count). The summed E-state index contributed by atoms with van der Waals surface area (Å²) in [4.78, 5) is 0. The Balaban J connectivity index is 3.92. The number of hydrogen-bond donors (Lipinski definition) is 0. The lowest BCUT2D eigenvalue weighted by molar-refractivity contribution is -0.176. The van der Waals surface area contributed by atoms with Crippen LogP contribution in [0.15, 0.2) is 0 Å². The van der Waals surface area contributed by atoms with Crippen molar-refractivity contribution in [1.29, 1.82) is 0 Å². The van der Waals surface area contributed by atoms with Gasteiger partial charge in [0.05, 0.1) is 12.4 Å². The van der Waals surface area contributed by atoms with Gasteiger partial charge in [-0.1, -0.05) is 13.3 Å². The van der Waals surface area contributed by atoms with Crippen LogP contribution in [0.2, 0.25) is 0 Å². The topological polar surface area (TPSA) is 43.4 Å². The zero-order valence-electron chi connectivity index (χ0n) is 8.05. The standard InChI is InChI=1S/C7H12ClF3O3S/c1-2-6(4-15(8,12)13)3-14-5-7(9,10)11/h6H,2-5H2,1H3. The third kappa shape index (κ3) is 10.3. The zero-order chi connectivity index (χ0) is 12.1. The van der Waals surface area contributed by atoms with Crippen molar-refractivity contribution in [3.05, 3.63) is 0 Å². The predicted molar refractivity (Wildman–Crippen MR) is 50.3 cm³/mol. The second kappa shape index (κ2) is 5.91. The summed E-state index contributed by atoms with van der Waals surface area (Å²) in [6.07, 6.45) is -4.00. The van der Waals surface area contributed by atoms with Crippen LogP contribution in [0.4, 0.5) is 13.2 Å². The molecule has 0 aliphatic carbocycles. The van der Waals surface area contributed by atoms with Gasteiger partial charge in [0, 0.05) is 10.7 Å². The highest BCUT2D eigenvalue weighted by Crippen LogP contribution is 2.16. The van der Waals surface area contributed by atoms with E-state index < -0.39 is 27.8 Å². The lowest BCUT2D eigenvalue weighted by atomic mass is 10.1. The number of hydrogen-bond acceptors (Lipinski definition) is 3. The average molecular weight is 269 g/mol. The first kappa shape index (κ1) is 15.0. The van der Waals surface area contributed by atoms with E-state index in [9.17, 15) is 21.6 Å². The van der Waals surface area contributed by atoms with Crippen molar-refractivity contribution in [2.75, 3.05) is 19.0 Å². The fourth-order valence-corrected chi connectivity index (χ4v) is 2.34. The van der Waals surface area contributed by atoms with E-state index in [1.807, 2.05) is 0 Å². The molecule has 0 aromatic carbocycles. The van der Waals surface area contributed by atoms with Crippen LogP contribution in [0.25, 0.3) is 0 Å². The summed E-state index contributed by atoms with van der Waals surface area (Å²) >= 11 is 0. The lowest BCUT2D eigenvalue weighted by Crippen LogP contribution is -2.23. The lowest BCUT2D eigenvalue weighted by Gasteiger charge is -2.14. The van der Waals surface area contributed by atoms with Crippen LogP contribution < -0.4 is 0 Å². The first-order valence-electron chi connectivity index (χ1n) is 4.21. The van der Waals surface area contributed by atoms with Crippen molar-refractivity contribution in [2.45, 2.75) is 19.5 Å². The molecule has 0 fully saturated rings. The molecule has 0 aromatic rings. The van der Waals surface area contributed by atoms with E-state index in [-0.39, 0.29) is 12.4 Å². The van der Waals surface area contributed by atoms with Crippen molar-refractivity contribution in [3.63, 3.8) is 0 Å². The maximum absolute atomic E-state index is 11.7. The molecule has 0 bridgehead atoms. The fraction of sp³-hybridized carbons (Fsp3) is 1.00. The van der Waals surface area contributed by atoms with Crippen LogP contribution in [0, 0.1) is 5.92 Å². The number of rotatable bonds is 6. The van der Waals surface area contributed by atoms with Gasteiger partial charge >= 0.3 is 6.18 Å². The smallest absolute Gasteiger partial charge is 0.372 e. The Hall–Kier alpha value is -0.0100. The first-order valence-corrected chi connectivity index (χ1v) is 6.68. The van der Waals surface area contributed by atoms with E-state index in [4.69, 9.17) is 10.7 Å². The minimum Gasteiger partial charge on any atom is -0.372 e. The Morgan fingerprint density at radius 3 is 2.27 bits per heavy atom. The SMILES string of the molecule is CCC(COCC(F)(F)F)CS(=O)(=O)Cl. The maximum atomic E-state index is 11.7. The van der Waals surface area contributed by atoms with Crippen molar-refractivity contribution >= 4 is 19.7 Å². The number of ether oxygens (including phenoxy) is 1. The molecule has 1 atom stereocenters. The van der Waals surface area contributed by atoms with Gasteiger partial charge in [0.15, 0.2) is 0 Å². The largest absolute Gasteiger partial charge is 0.411 e. The van der Waals surface area contributed by atoms with Crippen LogP contribution in [0.1, 0.15) is 13.3 Å². The Labute approximate surface area is 91.0 Å². The van der Waals surface area contributed by atoms with E-state index in [0.29, 0.717) is 6.42 Å². The van der Waals surface area contributed by atoms with Crippen LogP contribution in [0.3, 0.4) is 0 Å². The molecule has 0 saturated heterocycles. The summed E-state index contributed by atoms with van der Waals surface area (Å²) in [5, 5.41) is 0. The van der Waals surface area contributed by atoms with Crippen LogP contribution >= 0.6 is 10.7 Å². The quantitative estimate of drug-likeness (QED) is 0.694. The monoisotopic (exact) mass is 268 g/mol. The van der Waals surface area contributed by atoms with Gasteiger partial charge in [0.1, 0.15) is 6.61 Å². The normalized spacial score (nSPS) is 15.3. The van der Waals surface area contributed by atoms with Gasteiger partial charge in [-0.05, 0) is 5.92 Å². The highest BCUT2D eigenvalue weighted by Gasteiger charge is 2.28.